The summed E-state index contributed by atoms with van der Waals surface area (Å²) in [5.74, 6) is -0.815. The Hall–Kier alpha value is -2.13. The maximum Gasteiger partial charge on any atom is 0.243 e. The first-order valence-corrected chi connectivity index (χ1v) is 13.7. The summed E-state index contributed by atoms with van der Waals surface area (Å²) < 4.78 is 27.1. The smallest absolute Gasteiger partial charge is 0.243 e. The van der Waals surface area contributed by atoms with Gasteiger partial charge in [0.1, 0.15) is 6.04 Å². The van der Waals surface area contributed by atoms with Gasteiger partial charge in [-0.15, -0.1) is 0 Å². The third kappa shape index (κ3) is 7.67. The number of sulfonamides is 1. The van der Waals surface area contributed by atoms with Crippen LogP contribution in [0.4, 0.5) is 0 Å². The molecule has 0 bridgehead atoms. The van der Waals surface area contributed by atoms with Gasteiger partial charge in [-0.25, -0.2) is 8.42 Å². The molecular weight excluding hydrogens is 509 g/mol. The Bertz CT molecular complexity index is 1140. The van der Waals surface area contributed by atoms with Gasteiger partial charge >= 0.3 is 0 Å². The van der Waals surface area contributed by atoms with Crippen molar-refractivity contribution in [1.82, 2.24) is 14.5 Å². The van der Waals surface area contributed by atoms with Crippen LogP contribution in [0.2, 0.25) is 10.0 Å². The Morgan fingerprint density at radius 1 is 1.03 bits per heavy atom. The van der Waals surface area contributed by atoms with E-state index in [2.05, 4.69) is 5.32 Å². The lowest BCUT2D eigenvalue weighted by Gasteiger charge is -2.32. The number of halogens is 2. The molecule has 0 aliphatic heterocycles. The van der Waals surface area contributed by atoms with Crippen LogP contribution >= 0.6 is 23.2 Å². The first kappa shape index (κ1) is 29.1. The van der Waals surface area contributed by atoms with Crippen LogP contribution in [0.3, 0.4) is 0 Å². The van der Waals surface area contributed by atoms with Crippen molar-refractivity contribution in [2.45, 2.75) is 64.1 Å². The Morgan fingerprint density at radius 3 is 2.20 bits per heavy atom. The zero-order valence-electron chi connectivity index (χ0n) is 20.7. The number of benzene rings is 2. The van der Waals surface area contributed by atoms with Gasteiger partial charge in [-0.3, -0.25) is 9.59 Å². The molecule has 2 aromatic carbocycles. The van der Waals surface area contributed by atoms with E-state index in [4.69, 9.17) is 23.2 Å². The molecule has 1 N–H and O–H groups in total. The van der Waals surface area contributed by atoms with Crippen LogP contribution in [0.5, 0.6) is 0 Å². The van der Waals surface area contributed by atoms with E-state index in [1.807, 2.05) is 20.8 Å². The summed E-state index contributed by atoms with van der Waals surface area (Å²) in [5.41, 5.74) is 1.52. The molecule has 10 heteroatoms. The molecule has 0 saturated carbocycles. The summed E-state index contributed by atoms with van der Waals surface area (Å²) in [7, 11) is -2.56. The molecule has 0 unspecified atom stereocenters. The number of aryl methyl sites for hydroxylation is 1. The fourth-order valence-corrected chi connectivity index (χ4v) is 5.04. The van der Waals surface area contributed by atoms with Gasteiger partial charge in [-0.1, -0.05) is 60.8 Å². The number of rotatable bonds is 11. The van der Waals surface area contributed by atoms with Crippen LogP contribution in [-0.2, 0) is 26.2 Å². The van der Waals surface area contributed by atoms with Crippen LogP contribution < -0.4 is 5.32 Å². The first-order valence-electron chi connectivity index (χ1n) is 11.5. The molecule has 7 nitrogen and oxygen atoms in total. The lowest BCUT2D eigenvalue weighted by molar-refractivity contribution is -0.141. The van der Waals surface area contributed by atoms with E-state index in [1.165, 1.54) is 24.1 Å². The molecule has 0 saturated heterocycles. The third-order valence-electron chi connectivity index (χ3n) is 5.83. The van der Waals surface area contributed by atoms with Crippen molar-refractivity contribution in [2.24, 2.45) is 0 Å². The minimum absolute atomic E-state index is 0.0275. The molecule has 2 atom stereocenters. The molecule has 0 aliphatic rings. The van der Waals surface area contributed by atoms with Crippen LogP contribution in [0.25, 0.3) is 0 Å². The van der Waals surface area contributed by atoms with Crippen LogP contribution in [0.15, 0.2) is 47.4 Å². The Kier molecular flexibility index (Phi) is 10.6. The number of amides is 2. The summed E-state index contributed by atoms with van der Waals surface area (Å²) in [5, 5.41) is 3.72. The SMILES string of the molecule is CC[C@@H](C)NC(=O)[C@@H](CC)N(Cc1ccc(Cl)cc1Cl)C(=O)CN(C)S(=O)(=O)c1ccc(C)cc1. The van der Waals surface area contributed by atoms with Gasteiger partial charge in [-0.05, 0) is 56.5 Å². The largest absolute Gasteiger partial charge is 0.352 e. The number of hydrogen-bond donors (Lipinski definition) is 1. The maximum absolute atomic E-state index is 13.5. The van der Waals surface area contributed by atoms with Crippen molar-refractivity contribution in [2.75, 3.05) is 13.6 Å². The third-order valence-corrected chi connectivity index (χ3v) is 8.23. The first-order chi connectivity index (χ1) is 16.4. The number of likely N-dealkylation sites (N-methyl/N-ethyl adjacent to an activating group) is 1. The second-order valence-corrected chi connectivity index (χ2v) is 11.5. The van der Waals surface area contributed by atoms with Crippen LogP contribution in [0.1, 0.15) is 44.7 Å². The van der Waals surface area contributed by atoms with E-state index in [1.54, 1.807) is 37.3 Å². The van der Waals surface area contributed by atoms with E-state index < -0.39 is 28.5 Å². The fraction of sp³-hybridized carbons (Fsp3) is 0.440. The van der Waals surface area contributed by atoms with E-state index in [-0.39, 0.29) is 23.4 Å². The van der Waals surface area contributed by atoms with Gasteiger partial charge in [0.05, 0.1) is 11.4 Å². The molecule has 2 aromatic rings. The van der Waals surface area contributed by atoms with Gasteiger partial charge in [0.2, 0.25) is 21.8 Å². The normalized spacial score (nSPS) is 13.4. The predicted molar refractivity (Wildman–Crippen MR) is 140 cm³/mol. The molecule has 2 amide bonds. The van der Waals surface area contributed by atoms with Gasteiger partial charge in [0, 0.05) is 29.7 Å². The number of nitrogens with one attached hydrogen (secondary N) is 1. The van der Waals surface area contributed by atoms with Crippen molar-refractivity contribution >= 4 is 45.0 Å². The number of nitrogens with zero attached hydrogens (tertiary/aromatic N) is 2. The van der Waals surface area contributed by atoms with E-state index in [0.717, 1.165) is 16.3 Å². The van der Waals surface area contributed by atoms with Gasteiger partial charge < -0.3 is 10.2 Å². The Labute approximate surface area is 218 Å². The molecule has 0 heterocycles. The molecule has 192 valence electrons. The van der Waals surface area contributed by atoms with Gasteiger partial charge in [0.25, 0.3) is 0 Å². The molecule has 0 aliphatic carbocycles. The minimum atomic E-state index is -3.90. The predicted octanol–water partition coefficient (Wildman–Crippen LogP) is 4.64. The topological polar surface area (TPSA) is 86.8 Å². The van der Waals surface area contributed by atoms with E-state index in [9.17, 15) is 18.0 Å². The average molecular weight is 543 g/mol. The highest BCUT2D eigenvalue weighted by Gasteiger charge is 2.32. The highest BCUT2D eigenvalue weighted by molar-refractivity contribution is 7.89. The monoisotopic (exact) mass is 541 g/mol. The molecule has 0 radical (unpaired) electrons. The molecule has 2 rings (SSSR count). The summed E-state index contributed by atoms with van der Waals surface area (Å²) in [6.07, 6.45) is 1.07. The van der Waals surface area contributed by atoms with Crippen molar-refractivity contribution < 1.29 is 18.0 Å². The van der Waals surface area contributed by atoms with E-state index in [0.29, 0.717) is 22.0 Å². The van der Waals surface area contributed by atoms with Gasteiger partial charge in [-0.2, -0.15) is 4.31 Å². The second-order valence-electron chi connectivity index (χ2n) is 8.57. The van der Waals surface area contributed by atoms with Crippen molar-refractivity contribution in [3.05, 3.63) is 63.6 Å². The van der Waals surface area contributed by atoms with E-state index >= 15 is 0 Å². The quantitative estimate of drug-likeness (QED) is 0.448. The number of carbonyl (C=O) groups is 2. The zero-order chi connectivity index (χ0) is 26.3. The molecule has 35 heavy (non-hydrogen) atoms. The summed E-state index contributed by atoms with van der Waals surface area (Å²) >= 11 is 12.4. The number of carbonyl (C=O) groups excluding carboxylic acids is 2. The second kappa shape index (κ2) is 12.7. The highest BCUT2D eigenvalue weighted by Crippen LogP contribution is 2.24. The van der Waals surface area contributed by atoms with Crippen molar-refractivity contribution in [3.8, 4) is 0 Å². The fourth-order valence-electron chi connectivity index (χ4n) is 3.45. The van der Waals surface area contributed by atoms with Gasteiger partial charge in [0.15, 0.2) is 0 Å². The van der Waals surface area contributed by atoms with Crippen molar-refractivity contribution in [3.63, 3.8) is 0 Å². The Morgan fingerprint density at radius 2 is 1.66 bits per heavy atom. The average Bonchev–Trinajstić information content (AvgIpc) is 2.80. The number of hydrogen-bond acceptors (Lipinski definition) is 4. The molecule has 0 aromatic heterocycles. The molecule has 0 fully saturated rings. The molecule has 0 spiro atoms. The standard InChI is InChI=1S/C25H33Cl2N3O4S/c1-6-18(4)28-25(32)23(7-2)30(15-19-10-11-20(26)14-22(19)27)24(31)16-29(5)35(33,34)21-12-8-17(3)9-13-21/h8-14,18,23H,6-7,15-16H2,1-5H3,(H,28,32)/t18-,23-/m1/s1. The lowest BCUT2D eigenvalue weighted by Crippen LogP contribution is -2.53. The molecular formula is C25H33Cl2N3O4S. The minimum Gasteiger partial charge on any atom is -0.352 e. The zero-order valence-corrected chi connectivity index (χ0v) is 23.0. The van der Waals surface area contributed by atoms with Crippen molar-refractivity contribution in [1.29, 1.82) is 0 Å². The highest BCUT2D eigenvalue weighted by atomic mass is 35.5. The Balaban J connectivity index is 2.37. The summed E-state index contributed by atoms with van der Waals surface area (Å²) in [6.45, 7) is 7.09. The maximum atomic E-state index is 13.5. The van der Waals surface area contributed by atoms with Crippen LogP contribution in [0, 0.1) is 6.92 Å². The van der Waals surface area contributed by atoms with Crippen LogP contribution in [-0.4, -0.2) is 55.1 Å². The summed E-state index contributed by atoms with van der Waals surface area (Å²) in [6, 6.07) is 10.4. The summed E-state index contributed by atoms with van der Waals surface area (Å²) in [4.78, 5) is 28.0. The lowest BCUT2D eigenvalue weighted by atomic mass is 10.1.